The highest BCUT2D eigenvalue weighted by molar-refractivity contribution is 5.77. The molecule has 0 saturated carbocycles. The summed E-state index contributed by atoms with van der Waals surface area (Å²) in [6.45, 7) is 2.94. The molecule has 2 aromatic carbocycles. The van der Waals surface area contributed by atoms with Crippen molar-refractivity contribution < 1.29 is 9.90 Å². The van der Waals surface area contributed by atoms with Crippen LogP contribution in [0.1, 0.15) is 12.0 Å². The molecule has 0 atom stereocenters. The number of para-hydroxylation sites is 2. The van der Waals surface area contributed by atoms with Crippen LogP contribution in [-0.4, -0.2) is 42.1 Å². The standard InChI is InChI=1S/C19H22N2O2/c22-18-9-5-4-8-17(18)20-12-14-21(15-13-20)19(23)11-10-16-6-2-1-3-7-16/h1-9,22H,10-15H2. The van der Waals surface area contributed by atoms with Gasteiger partial charge >= 0.3 is 0 Å². The molecule has 0 spiro atoms. The molecule has 2 aromatic rings. The van der Waals surface area contributed by atoms with Gasteiger partial charge in [-0.25, -0.2) is 0 Å². The van der Waals surface area contributed by atoms with Crippen molar-refractivity contribution in [1.82, 2.24) is 4.90 Å². The molecule has 23 heavy (non-hydrogen) atoms. The van der Waals surface area contributed by atoms with Crippen LogP contribution in [0.3, 0.4) is 0 Å². The summed E-state index contributed by atoms with van der Waals surface area (Å²) in [6, 6.07) is 17.5. The van der Waals surface area contributed by atoms with Crippen molar-refractivity contribution in [1.29, 1.82) is 0 Å². The average molecular weight is 310 g/mol. The van der Waals surface area contributed by atoms with Gasteiger partial charge in [0.2, 0.25) is 5.91 Å². The molecule has 0 bridgehead atoms. The number of anilines is 1. The number of piperazine rings is 1. The number of phenols is 1. The minimum Gasteiger partial charge on any atom is -0.506 e. The lowest BCUT2D eigenvalue weighted by Gasteiger charge is -2.36. The predicted octanol–water partition coefficient (Wildman–Crippen LogP) is 2.67. The Labute approximate surface area is 137 Å². The molecular weight excluding hydrogens is 288 g/mol. The number of nitrogens with zero attached hydrogens (tertiary/aromatic N) is 2. The topological polar surface area (TPSA) is 43.8 Å². The van der Waals surface area contributed by atoms with Gasteiger partial charge in [-0.1, -0.05) is 42.5 Å². The molecule has 1 aliphatic rings. The number of phenolic OH excluding ortho intramolecular Hbond substituents is 1. The summed E-state index contributed by atoms with van der Waals surface area (Å²) < 4.78 is 0. The summed E-state index contributed by atoms with van der Waals surface area (Å²) in [7, 11) is 0. The van der Waals surface area contributed by atoms with E-state index in [2.05, 4.69) is 17.0 Å². The third-order valence-corrected chi connectivity index (χ3v) is 4.33. The van der Waals surface area contributed by atoms with E-state index in [-0.39, 0.29) is 5.91 Å². The molecular formula is C19H22N2O2. The van der Waals surface area contributed by atoms with Gasteiger partial charge in [0.1, 0.15) is 5.75 Å². The van der Waals surface area contributed by atoms with Gasteiger partial charge in [0.15, 0.2) is 0 Å². The van der Waals surface area contributed by atoms with Crippen molar-refractivity contribution in [2.45, 2.75) is 12.8 Å². The Morgan fingerprint density at radius 1 is 0.913 bits per heavy atom. The second-order valence-electron chi connectivity index (χ2n) is 5.84. The predicted molar refractivity (Wildman–Crippen MR) is 91.7 cm³/mol. The van der Waals surface area contributed by atoms with Gasteiger partial charge < -0.3 is 14.9 Å². The Bertz CT molecular complexity index is 649. The zero-order valence-corrected chi connectivity index (χ0v) is 13.2. The second kappa shape index (κ2) is 7.18. The summed E-state index contributed by atoms with van der Waals surface area (Å²) in [4.78, 5) is 16.4. The van der Waals surface area contributed by atoms with E-state index in [4.69, 9.17) is 0 Å². The van der Waals surface area contributed by atoms with Crippen molar-refractivity contribution in [2.24, 2.45) is 0 Å². The first kappa shape index (κ1) is 15.4. The molecule has 1 aliphatic heterocycles. The molecule has 1 fully saturated rings. The first-order valence-electron chi connectivity index (χ1n) is 8.08. The number of amides is 1. The highest BCUT2D eigenvalue weighted by Gasteiger charge is 2.22. The van der Waals surface area contributed by atoms with Gasteiger partial charge in [0.25, 0.3) is 0 Å². The molecule has 0 radical (unpaired) electrons. The van der Waals surface area contributed by atoms with Crippen molar-refractivity contribution in [3.63, 3.8) is 0 Å². The van der Waals surface area contributed by atoms with Gasteiger partial charge in [0, 0.05) is 32.6 Å². The lowest BCUT2D eigenvalue weighted by atomic mass is 10.1. The highest BCUT2D eigenvalue weighted by atomic mass is 16.3. The first-order chi connectivity index (χ1) is 11.2. The molecule has 0 aliphatic carbocycles. The van der Waals surface area contributed by atoms with Crippen LogP contribution in [0.2, 0.25) is 0 Å². The van der Waals surface area contributed by atoms with Crippen LogP contribution in [0.5, 0.6) is 5.75 Å². The molecule has 1 N–H and O–H groups in total. The zero-order valence-electron chi connectivity index (χ0n) is 13.2. The Hall–Kier alpha value is -2.49. The van der Waals surface area contributed by atoms with E-state index in [9.17, 15) is 9.90 Å². The second-order valence-corrected chi connectivity index (χ2v) is 5.84. The summed E-state index contributed by atoms with van der Waals surface area (Å²) in [5, 5.41) is 9.93. The van der Waals surface area contributed by atoms with Crippen LogP contribution in [0.4, 0.5) is 5.69 Å². The zero-order chi connectivity index (χ0) is 16.1. The van der Waals surface area contributed by atoms with E-state index < -0.39 is 0 Å². The van der Waals surface area contributed by atoms with E-state index in [1.165, 1.54) is 5.56 Å². The SMILES string of the molecule is O=C(CCc1ccccc1)N1CCN(c2ccccc2O)CC1. The Balaban J connectivity index is 1.50. The van der Waals surface area contributed by atoms with Crippen molar-refractivity contribution in [2.75, 3.05) is 31.1 Å². The first-order valence-corrected chi connectivity index (χ1v) is 8.08. The number of carbonyl (C=O) groups is 1. The number of hydrogen-bond donors (Lipinski definition) is 1. The van der Waals surface area contributed by atoms with Crippen LogP contribution in [-0.2, 0) is 11.2 Å². The Morgan fingerprint density at radius 3 is 2.26 bits per heavy atom. The maximum Gasteiger partial charge on any atom is 0.223 e. The third kappa shape index (κ3) is 3.83. The molecule has 0 aromatic heterocycles. The third-order valence-electron chi connectivity index (χ3n) is 4.33. The van der Waals surface area contributed by atoms with Crippen molar-refractivity contribution in [3.8, 4) is 5.75 Å². The quantitative estimate of drug-likeness (QED) is 0.944. The summed E-state index contributed by atoms with van der Waals surface area (Å²) in [5.41, 5.74) is 2.05. The van der Waals surface area contributed by atoms with E-state index in [0.29, 0.717) is 25.3 Å². The molecule has 1 amide bonds. The van der Waals surface area contributed by atoms with Crippen LogP contribution in [0.25, 0.3) is 0 Å². The van der Waals surface area contributed by atoms with Gasteiger partial charge in [0.05, 0.1) is 5.69 Å². The van der Waals surface area contributed by atoms with Gasteiger partial charge in [-0.05, 0) is 24.1 Å². The molecule has 120 valence electrons. The lowest BCUT2D eigenvalue weighted by Crippen LogP contribution is -2.48. The summed E-state index contributed by atoms with van der Waals surface area (Å²) in [5.74, 6) is 0.516. The van der Waals surface area contributed by atoms with Crippen molar-refractivity contribution >= 4 is 11.6 Å². The van der Waals surface area contributed by atoms with E-state index in [0.717, 1.165) is 25.2 Å². The number of aryl methyl sites for hydroxylation is 1. The van der Waals surface area contributed by atoms with Gasteiger partial charge in [-0.3, -0.25) is 4.79 Å². The van der Waals surface area contributed by atoms with Crippen LogP contribution in [0.15, 0.2) is 54.6 Å². The maximum absolute atomic E-state index is 12.3. The smallest absolute Gasteiger partial charge is 0.223 e. The minimum atomic E-state index is 0.214. The van der Waals surface area contributed by atoms with E-state index in [1.807, 2.05) is 41.3 Å². The summed E-state index contributed by atoms with van der Waals surface area (Å²) >= 11 is 0. The normalized spacial score (nSPS) is 14.8. The Kier molecular flexibility index (Phi) is 4.81. The van der Waals surface area contributed by atoms with Crippen LogP contribution in [0, 0.1) is 0 Å². The number of benzene rings is 2. The van der Waals surface area contributed by atoms with E-state index in [1.54, 1.807) is 6.07 Å². The molecule has 1 saturated heterocycles. The number of aromatic hydroxyl groups is 1. The fraction of sp³-hybridized carbons (Fsp3) is 0.316. The van der Waals surface area contributed by atoms with Crippen LogP contribution < -0.4 is 4.90 Å². The molecule has 1 heterocycles. The van der Waals surface area contributed by atoms with Crippen LogP contribution >= 0.6 is 0 Å². The molecule has 4 nitrogen and oxygen atoms in total. The monoisotopic (exact) mass is 310 g/mol. The molecule has 3 rings (SSSR count). The van der Waals surface area contributed by atoms with Gasteiger partial charge in [-0.15, -0.1) is 0 Å². The number of rotatable bonds is 4. The largest absolute Gasteiger partial charge is 0.506 e. The minimum absolute atomic E-state index is 0.214. The fourth-order valence-electron chi connectivity index (χ4n) is 2.98. The van der Waals surface area contributed by atoms with E-state index >= 15 is 0 Å². The van der Waals surface area contributed by atoms with Gasteiger partial charge in [-0.2, -0.15) is 0 Å². The number of carbonyl (C=O) groups excluding carboxylic acids is 1. The summed E-state index contributed by atoms with van der Waals surface area (Å²) in [6.07, 6.45) is 1.35. The number of hydrogen-bond acceptors (Lipinski definition) is 3. The highest BCUT2D eigenvalue weighted by Crippen LogP contribution is 2.27. The fourth-order valence-corrected chi connectivity index (χ4v) is 2.98. The van der Waals surface area contributed by atoms with Crippen molar-refractivity contribution in [3.05, 3.63) is 60.2 Å². The molecule has 0 unspecified atom stereocenters. The average Bonchev–Trinajstić information content (AvgIpc) is 2.61. The Morgan fingerprint density at radius 2 is 1.57 bits per heavy atom. The maximum atomic E-state index is 12.3. The molecule has 4 heteroatoms. The lowest BCUT2D eigenvalue weighted by molar-refractivity contribution is -0.131.